The first-order valence-electron chi connectivity index (χ1n) is 16.8. The number of phenolic OH excluding ortho intramolecular Hbond substituents is 1. The first-order chi connectivity index (χ1) is 28.0. The van der Waals surface area contributed by atoms with Gasteiger partial charge in [-0.2, -0.15) is 27.2 Å². The van der Waals surface area contributed by atoms with E-state index in [-0.39, 0.29) is 68.4 Å². The fourth-order valence-electron chi connectivity index (χ4n) is 5.25. The van der Waals surface area contributed by atoms with Crippen LogP contribution in [0.3, 0.4) is 0 Å². The molecule has 1 aromatic heterocycles. The minimum atomic E-state index is -4.83. The zero-order valence-electron chi connectivity index (χ0n) is 31.0. The van der Waals surface area contributed by atoms with E-state index < -0.39 is 74.5 Å². The Hall–Kier alpha value is -5.62. The van der Waals surface area contributed by atoms with Gasteiger partial charge in [-0.25, -0.2) is 17.9 Å². The van der Waals surface area contributed by atoms with E-state index in [4.69, 9.17) is 32.7 Å². The number of nitrogens with one attached hydrogen (secondary N) is 3. The number of carboxylic acid groups (broad SMARTS) is 1. The molecular weight excluding hydrogens is 896 g/mol. The van der Waals surface area contributed by atoms with Crippen LogP contribution in [0.1, 0.15) is 26.3 Å². The van der Waals surface area contributed by atoms with Gasteiger partial charge in [0.2, 0.25) is 0 Å². The molecule has 7 N–H and O–H groups in total. The van der Waals surface area contributed by atoms with Crippen molar-refractivity contribution in [3.05, 3.63) is 76.4 Å². The zero-order chi connectivity index (χ0) is 44.3. The number of fused-ring (bicyclic) bond motifs is 1. The number of hydrogen-bond acceptors (Lipinski definition) is 16. The number of aromatic hydroxyl groups is 1. The van der Waals surface area contributed by atoms with Gasteiger partial charge < -0.3 is 30.3 Å². The second-order valence-corrected chi connectivity index (χ2v) is 17.9. The van der Waals surface area contributed by atoms with Crippen LogP contribution in [-0.4, -0.2) is 86.0 Å². The van der Waals surface area contributed by atoms with Crippen LogP contribution in [0.25, 0.3) is 16.5 Å². The van der Waals surface area contributed by atoms with Crippen LogP contribution < -0.4 is 15.4 Å². The third-order valence-electron chi connectivity index (χ3n) is 8.14. The van der Waals surface area contributed by atoms with Gasteiger partial charge in [-0.05, 0) is 69.3 Å². The molecule has 0 aliphatic rings. The molecule has 4 aromatic carbocycles. The Bertz CT molecular complexity index is 2920. The molecule has 0 aliphatic heterocycles. The van der Waals surface area contributed by atoms with Gasteiger partial charge in [0.1, 0.15) is 35.7 Å². The quantitative estimate of drug-likeness (QED) is 0.0234. The molecule has 0 aliphatic carbocycles. The largest absolute Gasteiger partial charge is 0.505 e. The first-order valence-corrected chi connectivity index (χ1v) is 21.9. The summed E-state index contributed by atoms with van der Waals surface area (Å²) < 4.78 is 108. The maximum Gasteiger partial charge on any atom is 0.332 e. The van der Waals surface area contributed by atoms with Crippen molar-refractivity contribution < 1.29 is 58.8 Å². The van der Waals surface area contributed by atoms with Crippen LogP contribution in [0.5, 0.6) is 5.75 Å². The Morgan fingerprint density at radius 1 is 0.867 bits per heavy atom. The number of carbonyl (C=O) groups is 1. The molecule has 1 atom stereocenters. The highest BCUT2D eigenvalue weighted by atomic mass is 35.5. The highest BCUT2D eigenvalue weighted by molar-refractivity contribution is 7.92. The molecule has 0 bridgehead atoms. The third kappa shape index (κ3) is 10.2. The molecule has 5 aromatic rings. The minimum Gasteiger partial charge on any atom is -0.505 e. The lowest BCUT2D eigenvalue weighted by molar-refractivity contribution is -0.148. The SMILES string of the molecule is CC(C)OCNc1ccc(NS(=O)(=O)c2cccc(S(=O)(=O)O)c2)c2c(N=Nc3c(C#N)cnn3-c3cc(Cl)c(S(=O)(=O)O)cc3Cl)cc(NCOC(C)C(=O)O)c(O)c12. The Balaban J connectivity index is 1.78. The standard InChI is InChI=1S/C34H32Cl2N8O13S3/c1-17(2)56-15-38-24-7-8-25(43-58(48,49)20-5-4-6-21(9-20)59(50,51)52)30-26(12-27(32(45)31(24)30)39-16-57-18(3)34(46)47)41-42-33-19(13-37)14-40-44(33)28-10-23(36)29(11-22(28)35)60(53,54)55/h4-12,14,17-18,38-39,43,45H,15-16H2,1-3H3,(H,46,47)(H,50,51,52)(H,53,54,55). The highest BCUT2D eigenvalue weighted by Gasteiger charge is 2.25. The predicted molar refractivity (Wildman–Crippen MR) is 216 cm³/mol. The average Bonchev–Trinajstić information content (AvgIpc) is 3.58. The summed E-state index contributed by atoms with van der Waals surface area (Å²) in [6.07, 6.45) is -0.486. The number of halogens is 2. The number of nitriles is 1. The lowest BCUT2D eigenvalue weighted by atomic mass is 10.0. The van der Waals surface area contributed by atoms with E-state index in [0.717, 1.165) is 41.2 Å². The molecule has 1 unspecified atom stereocenters. The summed E-state index contributed by atoms with van der Waals surface area (Å²) in [5.41, 5.74) is -0.847. The Kier molecular flexibility index (Phi) is 13.6. The molecule has 0 radical (unpaired) electrons. The number of rotatable bonds is 17. The van der Waals surface area contributed by atoms with Gasteiger partial charge in [0.25, 0.3) is 30.3 Å². The van der Waals surface area contributed by atoms with Crippen LogP contribution in [0.4, 0.5) is 28.6 Å². The van der Waals surface area contributed by atoms with Crippen LogP contribution in [0, 0.1) is 11.3 Å². The molecule has 26 heteroatoms. The number of anilines is 3. The van der Waals surface area contributed by atoms with Crippen LogP contribution in [-0.2, 0) is 44.5 Å². The van der Waals surface area contributed by atoms with Gasteiger partial charge in [0, 0.05) is 11.1 Å². The molecule has 0 saturated carbocycles. The second kappa shape index (κ2) is 17.9. The van der Waals surface area contributed by atoms with E-state index in [0.29, 0.717) is 6.07 Å². The first kappa shape index (κ1) is 45.5. The number of sulfonamides is 1. The van der Waals surface area contributed by atoms with Gasteiger partial charge in [-0.1, -0.05) is 29.3 Å². The lowest BCUT2D eigenvalue weighted by Gasteiger charge is -2.20. The van der Waals surface area contributed by atoms with E-state index in [1.807, 2.05) is 6.07 Å². The van der Waals surface area contributed by atoms with Crippen molar-refractivity contribution in [3.63, 3.8) is 0 Å². The second-order valence-electron chi connectivity index (χ2n) is 12.6. The van der Waals surface area contributed by atoms with Crippen molar-refractivity contribution in [2.24, 2.45) is 10.2 Å². The summed E-state index contributed by atoms with van der Waals surface area (Å²) in [6.45, 7) is 4.17. The van der Waals surface area contributed by atoms with Gasteiger partial charge >= 0.3 is 5.97 Å². The monoisotopic (exact) mass is 926 g/mol. The molecular formula is C34H32Cl2N8O13S3. The number of benzene rings is 4. The van der Waals surface area contributed by atoms with Crippen LogP contribution >= 0.6 is 23.2 Å². The molecule has 0 spiro atoms. The number of hydrogen-bond donors (Lipinski definition) is 7. The normalized spacial score (nSPS) is 12.8. The third-order valence-corrected chi connectivity index (χ3v) is 12.0. The summed E-state index contributed by atoms with van der Waals surface area (Å²) >= 11 is 12.5. The molecule has 1 heterocycles. The topological polar surface area (TPSA) is 321 Å². The smallest absolute Gasteiger partial charge is 0.332 e. The van der Waals surface area contributed by atoms with E-state index in [1.165, 1.54) is 25.1 Å². The number of aliphatic carboxylic acids is 1. The zero-order valence-corrected chi connectivity index (χ0v) is 35.0. The molecule has 0 saturated heterocycles. The molecule has 21 nitrogen and oxygen atoms in total. The highest BCUT2D eigenvalue weighted by Crippen LogP contribution is 2.47. The number of phenols is 1. The summed E-state index contributed by atoms with van der Waals surface area (Å²) in [5, 5.41) is 48.3. The lowest BCUT2D eigenvalue weighted by Crippen LogP contribution is -2.23. The van der Waals surface area contributed by atoms with Gasteiger partial charge in [0.05, 0.1) is 60.3 Å². The summed E-state index contributed by atoms with van der Waals surface area (Å²) in [4.78, 5) is 9.36. The summed E-state index contributed by atoms with van der Waals surface area (Å²) in [7, 11) is -14.3. The molecule has 60 heavy (non-hydrogen) atoms. The number of ether oxygens (including phenoxy) is 2. The van der Waals surface area contributed by atoms with Crippen molar-refractivity contribution in [2.45, 2.75) is 47.7 Å². The number of azo groups is 1. The van der Waals surface area contributed by atoms with Gasteiger partial charge in [-0.3, -0.25) is 13.8 Å². The average molecular weight is 928 g/mol. The Morgan fingerprint density at radius 2 is 1.52 bits per heavy atom. The molecule has 5 rings (SSSR count). The Labute approximate surface area is 351 Å². The predicted octanol–water partition coefficient (Wildman–Crippen LogP) is 6.27. The summed E-state index contributed by atoms with van der Waals surface area (Å²) in [6, 6.07) is 11.4. The minimum absolute atomic E-state index is 0.121. The maximum absolute atomic E-state index is 13.8. The van der Waals surface area contributed by atoms with Crippen molar-refractivity contribution in [2.75, 3.05) is 28.8 Å². The van der Waals surface area contributed by atoms with Crippen molar-refractivity contribution in [1.82, 2.24) is 9.78 Å². The van der Waals surface area contributed by atoms with Gasteiger partial charge in [-0.15, -0.1) is 10.2 Å². The fraction of sp³-hybridized carbons (Fsp3) is 0.206. The van der Waals surface area contributed by atoms with Gasteiger partial charge in [0.15, 0.2) is 11.9 Å². The molecule has 318 valence electrons. The number of carboxylic acids is 1. The van der Waals surface area contributed by atoms with Crippen LogP contribution in [0.2, 0.25) is 10.0 Å². The number of nitrogens with zero attached hydrogens (tertiary/aromatic N) is 5. The fourth-order valence-corrected chi connectivity index (χ4v) is 8.30. The molecule has 0 amide bonds. The number of aromatic nitrogens is 2. The van der Waals surface area contributed by atoms with Crippen molar-refractivity contribution >= 4 is 98.8 Å². The molecule has 0 fully saturated rings. The summed E-state index contributed by atoms with van der Waals surface area (Å²) in [5.74, 6) is -2.16. The Morgan fingerprint density at radius 3 is 2.15 bits per heavy atom. The van der Waals surface area contributed by atoms with E-state index >= 15 is 0 Å². The van der Waals surface area contributed by atoms with Crippen molar-refractivity contribution in [1.29, 1.82) is 5.26 Å². The van der Waals surface area contributed by atoms with Crippen molar-refractivity contribution in [3.8, 4) is 17.5 Å². The maximum atomic E-state index is 13.8. The van der Waals surface area contributed by atoms with E-state index in [9.17, 15) is 54.6 Å². The van der Waals surface area contributed by atoms with E-state index in [2.05, 4.69) is 30.7 Å². The van der Waals surface area contributed by atoms with E-state index in [1.54, 1.807) is 13.8 Å². The van der Waals surface area contributed by atoms with Crippen LogP contribution in [0.15, 0.2) is 85.7 Å².